The second-order valence-corrected chi connectivity index (χ2v) is 6.59. The number of rotatable bonds is 3. The molecule has 0 aliphatic heterocycles. The summed E-state index contributed by atoms with van der Waals surface area (Å²) in [4.78, 5) is 24.8. The average Bonchev–Trinajstić information content (AvgIpc) is 3.16. The van der Waals surface area contributed by atoms with Crippen molar-refractivity contribution < 1.29 is 9.18 Å². The van der Waals surface area contributed by atoms with Crippen molar-refractivity contribution >= 4 is 22.6 Å². The summed E-state index contributed by atoms with van der Waals surface area (Å²) in [5.41, 5.74) is 3.67. The molecule has 8 heteroatoms. The van der Waals surface area contributed by atoms with Crippen LogP contribution in [0.25, 0.3) is 16.7 Å². The number of aryl methyl sites for hydroxylation is 2. The third-order valence-electron chi connectivity index (χ3n) is 4.86. The van der Waals surface area contributed by atoms with Gasteiger partial charge in [0, 0.05) is 19.8 Å². The molecule has 0 bridgehead atoms. The minimum absolute atomic E-state index is 0.130. The number of carbonyl (C=O) groups is 1. The summed E-state index contributed by atoms with van der Waals surface area (Å²) in [7, 11) is 3.39. The predicted molar refractivity (Wildman–Crippen MR) is 104 cm³/mol. The van der Waals surface area contributed by atoms with Crippen molar-refractivity contribution in [3.8, 4) is 5.69 Å². The van der Waals surface area contributed by atoms with Crippen LogP contribution in [-0.4, -0.2) is 24.8 Å². The second-order valence-electron chi connectivity index (χ2n) is 6.59. The molecule has 4 aromatic rings. The summed E-state index contributed by atoms with van der Waals surface area (Å²) in [6, 6.07) is 11.2. The van der Waals surface area contributed by atoms with Crippen molar-refractivity contribution in [3.63, 3.8) is 0 Å². The van der Waals surface area contributed by atoms with Crippen LogP contribution in [0.5, 0.6) is 0 Å². The van der Waals surface area contributed by atoms with Crippen LogP contribution >= 0.6 is 0 Å². The molecular formula is C20H18FN5O2. The molecule has 0 fully saturated rings. The number of hydrogen-bond donors (Lipinski definition) is 1. The molecule has 0 aliphatic rings. The Morgan fingerprint density at radius 1 is 1.04 bits per heavy atom. The van der Waals surface area contributed by atoms with E-state index < -0.39 is 0 Å². The lowest BCUT2D eigenvalue weighted by Gasteiger charge is -2.07. The number of hydrogen-bond acceptors (Lipinski definition) is 3. The van der Waals surface area contributed by atoms with Crippen LogP contribution in [0.2, 0.25) is 0 Å². The van der Waals surface area contributed by atoms with E-state index in [0.29, 0.717) is 22.6 Å². The quantitative estimate of drug-likeness (QED) is 0.595. The Bertz CT molecular complexity index is 1260. The highest BCUT2D eigenvalue weighted by molar-refractivity contribution is 6.05. The van der Waals surface area contributed by atoms with Crippen molar-refractivity contribution in [3.05, 3.63) is 76.2 Å². The van der Waals surface area contributed by atoms with E-state index in [2.05, 4.69) is 10.4 Å². The molecule has 1 amide bonds. The van der Waals surface area contributed by atoms with Crippen LogP contribution in [0.1, 0.15) is 16.1 Å². The summed E-state index contributed by atoms with van der Waals surface area (Å²) in [5, 5.41) is 7.09. The molecule has 2 heterocycles. The fourth-order valence-electron chi connectivity index (χ4n) is 3.26. The van der Waals surface area contributed by atoms with Gasteiger partial charge in [-0.1, -0.05) is 0 Å². The lowest BCUT2D eigenvalue weighted by Crippen LogP contribution is -2.19. The summed E-state index contributed by atoms with van der Waals surface area (Å²) >= 11 is 0. The van der Waals surface area contributed by atoms with Gasteiger partial charge >= 0.3 is 5.69 Å². The standard InChI is InChI=1S/C20H18FN5O2/c1-12-16(11-22-26(12)15-7-4-13(21)5-8-15)19(27)23-14-6-9-17-18(10-14)25(3)20(28)24(17)2/h4-11H,1-3H3,(H,23,27). The highest BCUT2D eigenvalue weighted by Crippen LogP contribution is 2.20. The number of carbonyl (C=O) groups excluding carboxylic acids is 1. The first-order chi connectivity index (χ1) is 13.4. The van der Waals surface area contributed by atoms with Gasteiger partial charge < -0.3 is 5.32 Å². The summed E-state index contributed by atoms with van der Waals surface area (Å²) in [6.45, 7) is 1.77. The fraction of sp³-hybridized carbons (Fsp3) is 0.150. The molecule has 0 unspecified atom stereocenters. The smallest absolute Gasteiger partial charge is 0.322 e. The van der Waals surface area contributed by atoms with Crippen molar-refractivity contribution in [2.45, 2.75) is 6.92 Å². The predicted octanol–water partition coefficient (Wildman–Crippen LogP) is 2.76. The zero-order valence-electron chi connectivity index (χ0n) is 15.6. The van der Waals surface area contributed by atoms with E-state index in [0.717, 1.165) is 11.0 Å². The van der Waals surface area contributed by atoms with Gasteiger partial charge in [-0.15, -0.1) is 0 Å². The van der Waals surface area contributed by atoms with E-state index >= 15 is 0 Å². The highest BCUT2D eigenvalue weighted by atomic mass is 19.1. The van der Waals surface area contributed by atoms with E-state index in [-0.39, 0.29) is 17.4 Å². The Kier molecular flexibility index (Phi) is 4.11. The van der Waals surface area contributed by atoms with E-state index in [9.17, 15) is 14.0 Å². The third kappa shape index (κ3) is 2.79. The molecule has 0 saturated heterocycles. The molecule has 2 aromatic carbocycles. The van der Waals surface area contributed by atoms with Crippen LogP contribution in [0.4, 0.5) is 10.1 Å². The molecule has 0 radical (unpaired) electrons. The number of aromatic nitrogens is 4. The largest absolute Gasteiger partial charge is 0.328 e. The summed E-state index contributed by atoms with van der Waals surface area (Å²) in [5.74, 6) is -0.650. The first kappa shape index (κ1) is 17.7. The highest BCUT2D eigenvalue weighted by Gasteiger charge is 2.16. The van der Waals surface area contributed by atoms with E-state index in [1.54, 1.807) is 60.6 Å². The molecule has 28 heavy (non-hydrogen) atoms. The molecule has 2 aromatic heterocycles. The van der Waals surface area contributed by atoms with Gasteiger partial charge in [-0.2, -0.15) is 5.10 Å². The number of benzene rings is 2. The number of nitrogens with zero attached hydrogens (tertiary/aromatic N) is 4. The molecule has 0 aliphatic carbocycles. The van der Waals surface area contributed by atoms with Crippen LogP contribution in [0.3, 0.4) is 0 Å². The van der Waals surface area contributed by atoms with Crippen LogP contribution in [0.15, 0.2) is 53.5 Å². The lowest BCUT2D eigenvalue weighted by molar-refractivity contribution is 0.102. The minimum Gasteiger partial charge on any atom is -0.322 e. The van der Waals surface area contributed by atoms with Gasteiger partial charge in [-0.25, -0.2) is 13.9 Å². The molecular weight excluding hydrogens is 361 g/mol. The average molecular weight is 379 g/mol. The maximum absolute atomic E-state index is 13.1. The molecule has 0 atom stereocenters. The fourth-order valence-corrected chi connectivity index (χ4v) is 3.26. The Morgan fingerprint density at radius 2 is 1.71 bits per heavy atom. The Balaban J connectivity index is 1.64. The zero-order valence-corrected chi connectivity index (χ0v) is 15.6. The number of fused-ring (bicyclic) bond motifs is 1. The normalized spacial score (nSPS) is 11.1. The van der Waals surface area contributed by atoms with E-state index in [4.69, 9.17) is 0 Å². The maximum atomic E-state index is 13.1. The van der Waals surface area contributed by atoms with Gasteiger partial charge in [0.25, 0.3) is 5.91 Å². The molecule has 142 valence electrons. The van der Waals surface area contributed by atoms with Crippen molar-refractivity contribution in [1.29, 1.82) is 0 Å². The lowest BCUT2D eigenvalue weighted by atomic mass is 10.2. The molecule has 1 N–H and O–H groups in total. The van der Waals surface area contributed by atoms with Gasteiger partial charge in [0.2, 0.25) is 0 Å². The molecule has 4 rings (SSSR count). The number of halogens is 1. The first-order valence-electron chi connectivity index (χ1n) is 8.64. The van der Waals surface area contributed by atoms with Crippen LogP contribution < -0.4 is 11.0 Å². The zero-order chi connectivity index (χ0) is 20.0. The Morgan fingerprint density at radius 3 is 2.43 bits per heavy atom. The summed E-state index contributed by atoms with van der Waals surface area (Å²) in [6.07, 6.45) is 1.48. The van der Waals surface area contributed by atoms with Crippen LogP contribution in [-0.2, 0) is 14.1 Å². The third-order valence-corrected chi connectivity index (χ3v) is 4.86. The van der Waals surface area contributed by atoms with Crippen molar-refractivity contribution in [2.24, 2.45) is 14.1 Å². The number of imidazole rings is 1. The van der Waals surface area contributed by atoms with E-state index in [1.165, 1.54) is 22.9 Å². The van der Waals surface area contributed by atoms with Gasteiger partial charge in [0.15, 0.2) is 0 Å². The Labute approximate surface area is 159 Å². The molecule has 0 saturated carbocycles. The SMILES string of the molecule is Cc1c(C(=O)Nc2ccc3c(c2)n(C)c(=O)n3C)cnn1-c1ccc(F)cc1. The number of amides is 1. The van der Waals surface area contributed by atoms with Gasteiger partial charge in [0.1, 0.15) is 5.82 Å². The van der Waals surface area contributed by atoms with Crippen LogP contribution in [0, 0.1) is 12.7 Å². The summed E-state index contributed by atoms with van der Waals surface area (Å²) < 4.78 is 17.8. The monoisotopic (exact) mass is 379 g/mol. The molecule has 0 spiro atoms. The molecule has 7 nitrogen and oxygen atoms in total. The van der Waals surface area contributed by atoms with Gasteiger partial charge in [-0.3, -0.25) is 13.9 Å². The maximum Gasteiger partial charge on any atom is 0.328 e. The topological polar surface area (TPSA) is 73.8 Å². The second kappa shape index (κ2) is 6.49. The number of nitrogens with one attached hydrogen (secondary N) is 1. The van der Waals surface area contributed by atoms with Gasteiger partial charge in [-0.05, 0) is 49.4 Å². The Hall–Kier alpha value is -3.68. The number of anilines is 1. The minimum atomic E-state index is -0.336. The van der Waals surface area contributed by atoms with Crippen molar-refractivity contribution in [1.82, 2.24) is 18.9 Å². The van der Waals surface area contributed by atoms with E-state index in [1.807, 2.05) is 0 Å². The van der Waals surface area contributed by atoms with Crippen molar-refractivity contribution in [2.75, 3.05) is 5.32 Å². The first-order valence-corrected chi connectivity index (χ1v) is 8.64. The van der Waals surface area contributed by atoms with Gasteiger partial charge in [0.05, 0.1) is 34.2 Å².